The molecule has 0 heterocycles. The van der Waals surface area contributed by atoms with Crippen LogP contribution < -0.4 is 9.47 Å². The minimum Gasteiger partial charge on any atom is -0.497 e. The van der Waals surface area contributed by atoms with E-state index >= 15 is 0 Å². The highest BCUT2D eigenvalue weighted by atomic mass is 16.5. The smallest absolute Gasteiger partial charge is 0.122 e. The van der Waals surface area contributed by atoms with Crippen molar-refractivity contribution in [1.82, 2.24) is 0 Å². The third-order valence-electron chi connectivity index (χ3n) is 2.91. The fourth-order valence-corrected chi connectivity index (χ4v) is 1.82. The Bertz CT molecular complexity index is 489. The van der Waals surface area contributed by atoms with E-state index in [4.69, 9.17) is 9.47 Å². The van der Waals surface area contributed by atoms with Crippen molar-refractivity contribution >= 4 is 0 Å². The first-order valence-electron chi connectivity index (χ1n) is 6.17. The number of para-hydroxylation sites is 1. The highest BCUT2D eigenvalue weighted by Crippen LogP contribution is 2.20. The molecule has 0 bridgehead atoms. The molecule has 0 saturated heterocycles. The summed E-state index contributed by atoms with van der Waals surface area (Å²) < 4.78 is 11.0. The molecule has 0 aliphatic heterocycles. The molecule has 0 amide bonds. The van der Waals surface area contributed by atoms with Gasteiger partial charge in [0.25, 0.3) is 0 Å². The van der Waals surface area contributed by atoms with Gasteiger partial charge in [0.1, 0.15) is 18.1 Å². The zero-order valence-corrected chi connectivity index (χ0v) is 10.8. The molecule has 0 atom stereocenters. The summed E-state index contributed by atoms with van der Waals surface area (Å²) >= 11 is 0. The van der Waals surface area contributed by atoms with Crippen LogP contribution in [0.4, 0.5) is 0 Å². The topological polar surface area (TPSA) is 18.5 Å². The molecule has 2 aromatic carbocycles. The lowest BCUT2D eigenvalue weighted by Crippen LogP contribution is -1.98. The van der Waals surface area contributed by atoms with Crippen molar-refractivity contribution in [2.45, 2.75) is 20.0 Å². The molecule has 0 N–H and O–H groups in total. The second kappa shape index (κ2) is 6.10. The highest BCUT2D eigenvalue weighted by molar-refractivity contribution is 5.34. The van der Waals surface area contributed by atoms with E-state index < -0.39 is 0 Å². The Hall–Kier alpha value is -1.96. The van der Waals surface area contributed by atoms with Crippen molar-refractivity contribution in [2.24, 2.45) is 0 Å². The summed E-state index contributed by atoms with van der Waals surface area (Å²) in [5, 5.41) is 0. The maximum atomic E-state index is 5.85. The number of aryl methyl sites for hydroxylation is 1. The standard InChI is InChI=1S/C16H18O2/c1-3-14-6-4-5-7-16(14)18-12-13-8-10-15(17-2)11-9-13/h4-11H,3,12H2,1-2H3. The molecule has 0 radical (unpaired) electrons. The van der Waals surface area contributed by atoms with Gasteiger partial charge in [0.05, 0.1) is 7.11 Å². The SMILES string of the molecule is CCc1ccccc1OCc1ccc(OC)cc1. The van der Waals surface area contributed by atoms with E-state index in [0.717, 1.165) is 23.5 Å². The Kier molecular flexibility index (Phi) is 4.24. The van der Waals surface area contributed by atoms with Crippen LogP contribution in [0.5, 0.6) is 11.5 Å². The van der Waals surface area contributed by atoms with Gasteiger partial charge in [0, 0.05) is 0 Å². The minimum atomic E-state index is 0.584. The molecule has 0 unspecified atom stereocenters. The summed E-state index contributed by atoms with van der Waals surface area (Å²) in [6.07, 6.45) is 0.985. The molecule has 0 aliphatic rings. The third-order valence-corrected chi connectivity index (χ3v) is 2.91. The zero-order chi connectivity index (χ0) is 12.8. The summed E-state index contributed by atoms with van der Waals surface area (Å²) in [7, 11) is 1.67. The van der Waals surface area contributed by atoms with Crippen molar-refractivity contribution in [1.29, 1.82) is 0 Å². The van der Waals surface area contributed by atoms with Crippen LogP contribution >= 0.6 is 0 Å². The summed E-state index contributed by atoms with van der Waals surface area (Å²) in [4.78, 5) is 0. The molecular formula is C16H18O2. The van der Waals surface area contributed by atoms with Crippen LogP contribution in [0.2, 0.25) is 0 Å². The van der Waals surface area contributed by atoms with Crippen molar-refractivity contribution in [3.8, 4) is 11.5 Å². The lowest BCUT2D eigenvalue weighted by molar-refractivity contribution is 0.303. The molecular weight excluding hydrogens is 224 g/mol. The van der Waals surface area contributed by atoms with E-state index in [2.05, 4.69) is 13.0 Å². The lowest BCUT2D eigenvalue weighted by atomic mass is 10.1. The average molecular weight is 242 g/mol. The van der Waals surface area contributed by atoms with Gasteiger partial charge in [-0.25, -0.2) is 0 Å². The van der Waals surface area contributed by atoms with E-state index in [1.807, 2.05) is 42.5 Å². The molecule has 94 valence electrons. The predicted octanol–water partition coefficient (Wildman–Crippen LogP) is 3.84. The lowest BCUT2D eigenvalue weighted by Gasteiger charge is -2.10. The first kappa shape index (κ1) is 12.5. The second-order valence-corrected chi connectivity index (χ2v) is 4.10. The van der Waals surface area contributed by atoms with Gasteiger partial charge in [0.15, 0.2) is 0 Å². The van der Waals surface area contributed by atoms with Crippen molar-refractivity contribution in [3.05, 3.63) is 59.7 Å². The molecule has 0 aromatic heterocycles. The van der Waals surface area contributed by atoms with Gasteiger partial charge >= 0.3 is 0 Å². The van der Waals surface area contributed by atoms with Crippen LogP contribution in [0.3, 0.4) is 0 Å². The van der Waals surface area contributed by atoms with Crippen LogP contribution in [0.25, 0.3) is 0 Å². The summed E-state index contributed by atoms with van der Waals surface area (Å²) in [6.45, 7) is 2.72. The first-order chi connectivity index (χ1) is 8.83. The quantitative estimate of drug-likeness (QED) is 0.793. The molecule has 0 saturated carbocycles. The molecule has 0 spiro atoms. The van der Waals surface area contributed by atoms with Gasteiger partial charge in [-0.15, -0.1) is 0 Å². The van der Waals surface area contributed by atoms with E-state index in [9.17, 15) is 0 Å². The second-order valence-electron chi connectivity index (χ2n) is 4.10. The van der Waals surface area contributed by atoms with Crippen molar-refractivity contribution in [2.75, 3.05) is 7.11 Å². The maximum Gasteiger partial charge on any atom is 0.122 e. The first-order valence-corrected chi connectivity index (χ1v) is 6.17. The van der Waals surface area contributed by atoms with Gasteiger partial charge in [-0.2, -0.15) is 0 Å². The van der Waals surface area contributed by atoms with E-state index in [-0.39, 0.29) is 0 Å². The van der Waals surface area contributed by atoms with E-state index in [1.165, 1.54) is 5.56 Å². The summed E-state index contributed by atoms with van der Waals surface area (Å²) in [6, 6.07) is 16.1. The number of methoxy groups -OCH3 is 1. The van der Waals surface area contributed by atoms with Gasteiger partial charge in [0.2, 0.25) is 0 Å². The Morgan fingerprint density at radius 3 is 2.33 bits per heavy atom. The van der Waals surface area contributed by atoms with Crippen LogP contribution in [-0.2, 0) is 13.0 Å². The van der Waals surface area contributed by atoms with E-state index in [0.29, 0.717) is 6.61 Å². The Balaban J connectivity index is 2.02. The van der Waals surface area contributed by atoms with E-state index in [1.54, 1.807) is 7.11 Å². The Morgan fingerprint density at radius 2 is 1.67 bits per heavy atom. The molecule has 2 nitrogen and oxygen atoms in total. The van der Waals surface area contributed by atoms with Gasteiger partial charge in [-0.05, 0) is 35.7 Å². The average Bonchev–Trinajstić information content (AvgIpc) is 2.46. The third kappa shape index (κ3) is 3.04. The molecule has 2 rings (SSSR count). The monoisotopic (exact) mass is 242 g/mol. The Labute approximate surface area is 108 Å². The van der Waals surface area contributed by atoms with Gasteiger partial charge in [-0.1, -0.05) is 37.3 Å². The number of hydrogen-bond acceptors (Lipinski definition) is 2. The molecule has 2 heteroatoms. The largest absolute Gasteiger partial charge is 0.497 e. The molecule has 0 aliphatic carbocycles. The number of rotatable bonds is 5. The van der Waals surface area contributed by atoms with Crippen LogP contribution in [-0.4, -0.2) is 7.11 Å². The Morgan fingerprint density at radius 1 is 0.944 bits per heavy atom. The van der Waals surface area contributed by atoms with Crippen molar-refractivity contribution in [3.63, 3.8) is 0 Å². The molecule has 18 heavy (non-hydrogen) atoms. The number of ether oxygens (including phenoxy) is 2. The van der Waals surface area contributed by atoms with Gasteiger partial charge < -0.3 is 9.47 Å². The maximum absolute atomic E-state index is 5.85. The van der Waals surface area contributed by atoms with Crippen LogP contribution in [0, 0.1) is 0 Å². The number of benzene rings is 2. The summed E-state index contributed by atoms with van der Waals surface area (Å²) in [5.41, 5.74) is 2.38. The predicted molar refractivity (Wildman–Crippen MR) is 73.1 cm³/mol. The zero-order valence-electron chi connectivity index (χ0n) is 10.8. The van der Waals surface area contributed by atoms with Crippen LogP contribution in [0.15, 0.2) is 48.5 Å². The summed E-state index contributed by atoms with van der Waals surface area (Å²) in [5.74, 6) is 1.84. The molecule has 2 aromatic rings. The van der Waals surface area contributed by atoms with Gasteiger partial charge in [-0.3, -0.25) is 0 Å². The normalized spacial score (nSPS) is 10.1. The molecule has 0 fully saturated rings. The van der Waals surface area contributed by atoms with Crippen LogP contribution in [0.1, 0.15) is 18.1 Å². The fourth-order valence-electron chi connectivity index (χ4n) is 1.82. The van der Waals surface area contributed by atoms with Crippen molar-refractivity contribution < 1.29 is 9.47 Å². The highest BCUT2D eigenvalue weighted by Gasteiger charge is 2.01. The fraction of sp³-hybridized carbons (Fsp3) is 0.250. The number of hydrogen-bond donors (Lipinski definition) is 0. The minimum absolute atomic E-state index is 0.584.